The zero-order valence-electron chi connectivity index (χ0n) is 12.2. The predicted molar refractivity (Wildman–Crippen MR) is 83.6 cm³/mol. The molecule has 2 rings (SSSR count). The molecular formula is C17H22N2O. The van der Waals surface area contributed by atoms with E-state index in [1.807, 2.05) is 24.3 Å². The van der Waals surface area contributed by atoms with Crippen molar-refractivity contribution < 1.29 is 4.74 Å². The van der Waals surface area contributed by atoms with E-state index in [1.54, 1.807) is 7.11 Å². The van der Waals surface area contributed by atoms with Crippen LogP contribution in [-0.2, 0) is 13.1 Å². The fourth-order valence-electron chi connectivity index (χ4n) is 2.24. The number of hydrogen-bond donors (Lipinski definition) is 1. The second-order valence-electron chi connectivity index (χ2n) is 4.86. The van der Waals surface area contributed by atoms with Crippen molar-refractivity contribution >= 4 is 5.69 Å². The van der Waals surface area contributed by atoms with E-state index in [2.05, 4.69) is 36.1 Å². The molecule has 0 unspecified atom stereocenters. The van der Waals surface area contributed by atoms with Gasteiger partial charge in [0.1, 0.15) is 5.75 Å². The summed E-state index contributed by atoms with van der Waals surface area (Å²) in [5, 5.41) is 0. The molecular weight excluding hydrogens is 248 g/mol. The summed E-state index contributed by atoms with van der Waals surface area (Å²) in [4.78, 5) is 2.38. The van der Waals surface area contributed by atoms with Gasteiger partial charge in [-0.05, 0) is 30.3 Å². The fraction of sp³-hybridized carbons (Fsp3) is 0.294. The van der Waals surface area contributed by atoms with E-state index in [0.717, 1.165) is 31.1 Å². The molecule has 2 aromatic rings. The molecule has 0 aliphatic carbocycles. The Morgan fingerprint density at radius 3 is 2.35 bits per heavy atom. The van der Waals surface area contributed by atoms with Gasteiger partial charge in [-0.3, -0.25) is 4.90 Å². The smallest absolute Gasteiger partial charge is 0.123 e. The number of nitrogens with zero attached hydrogens (tertiary/aromatic N) is 1. The van der Waals surface area contributed by atoms with Crippen molar-refractivity contribution in [3.05, 3.63) is 59.7 Å². The quantitative estimate of drug-likeness (QED) is 0.819. The lowest BCUT2D eigenvalue weighted by Crippen LogP contribution is -2.22. The van der Waals surface area contributed by atoms with E-state index < -0.39 is 0 Å². The number of benzene rings is 2. The third-order valence-corrected chi connectivity index (χ3v) is 3.42. The first kappa shape index (κ1) is 14.4. The third kappa shape index (κ3) is 3.75. The van der Waals surface area contributed by atoms with Crippen LogP contribution in [0.2, 0.25) is 0 Å². The third-order valence-electron chi connectivity index (χ3n) is 3.42. The molecule has 2 N–H and O–H groups in total. The largest absolute Gasteiger partial charge is 0.496 e. The number of anilines is 1. The molecule has 3 nitrogen and oxygen atoms in total. The Labute approximate surface area is 121 Å². The van der Waals surface area contributed by atoms with Crippen LogP contribution < -0.4 is 10.5 Å². The summed E-state index contributed by atoms with van der Waals surface area (Å²) in [6.07, 6.45) is 0. The minimum Gasteiger partial charge on any atom is -0.496 e. The molecule has 0 saturated heterocycles. The minimum atomic E-state index is 0.807. The first-order chi connectivity index (χ1) is 9.72. The first-order valence-corrected chi connectivity index (χ1v) is 6.91. The van der Waals surface area contributed by atoms with Crippen LogP contribution in [0.1, 0.15) is 18.1 Å². The van der Waals surface area contributed by atoms with Crippen LogP contribution >= 0.6 is 0 Å². The molecule has 0 spiro atoms. The van der Waals surface area contributed by atoms with Gasteiger partial charge in [-0.2, -0.15) is 0 Å². The molecule has 0 aliphatic heterocycles. The molecule has 0 aliphatic rings. The minimum absolute atomic E-state index is 0.807. The van der Waals surface area contributed by atoms with Crippen molar-refractivity contribution in [2.24, 2.45) is 0 Å². The topological polar surface area (TPSA) is 38.5 Å². The van der Waals surface area contributed by atoms with Crippen LogP contribution in [0.3, 0.4) is 0 Å². The number of methoxy groups -OCH3 is 1. The lowest BCUT2D eigenvalue weighted by Gasteiger charge is -2.21. The highest BCUT2D eigenvalue weighted by atomic mass is 16.5. The van der Waals surface area contributed by atoms with Gasteiger partial charge in [-0.15, -0.1) is 0 Å². The molecule has 0 atom stereocenters. The molecule has 0 aromatic heterocycles. The molecule has 0 bridgehead atoms. The maximum atomic E-state index is 5.72. The monoisotopic (exact) mass is 270 g/mol. The molecule has 2 aromatic carbocycles. The number of para-hydroxylation sites is 1. The van der Waals surface area contributed by atoms with Gasteiger partial charge in [0.2, 0.25) is 0 Å². The van der Waals surface area contributed by atoms with Gasteiger partial charge in [0, 0.05) is 24.3 Å². The molecule has 0 heterocycles. The second kappa shape index (κ2) is 6.96. The van der Waals surface area contributed by atoms with E-state index in [1.165, 1.54) is 11.1 Å². The van der Waals surface area contributed by atoms with E-state index in [0.29, 0.717) is 0 Å². The van der Waals surface area contributed by atoms with Crippen LogP contribution in [0.15, 0.2) is 48.5 Å². The molecule has 0 amide bonds. The number of nitrogen functional groups attached to an aromatic ring is 1. The Morgan fingerprint density at radius 2 is 1.70 bits per heavy atom. The van der Waals surface area contributed by atoms with Crippen LogP contribution in [0.5, 0.6) is 5.75 Å². The number of nitrogens with two attached hydrogens (primary N) is 1. The average Bonchev–Trinajstić information content (AvgIpc) is 2.49. The van der Waals surface area contributed by atoms with Gasteiger partial charge in [0.25, 0.3) is 0 Å². The van der Waals surface area contributed by atoms with Gasteiger partial charge in [0.05, 0.1) is 7.11 Å². The molecule has 0 radical (unpaired) electrons. The second-order valence-corrected chi connectivity index (χ2v) is 4.86. The first-order valence-electron chi connectivity index (χ1n) is 6.91. The highest BCUT2D eigenvalue weighted by molar-refractivity contribution is 5.39. The van der Waals surface area contributed by atoms with Crippen LogP contribution in [0.4, 0.5) is 5.69 Å². The summed E-state index contributed by atoms with van der Waals surface area (Å²) < 4.78 is 5.41. The van der Waals surface area contributed by atoms with Gasteiger partial charge >= 0.3 is 0 Å². The zero-order valence-corrected chi connectivity index (χ0v) is 12.2. The summed E-state index contributed by atoms with van der Waals surface area (Å²) in [6.45, 7) is 4.95. The zero-order chi connectivity index (χ0) is 14.4. The molecule has 3 heteroatoms. The Hall–Kier alpha value is -2.00. The van der Waals surface area contributed by atoms with Crippen molar-refractivity contribution in [1.82, 2.24) is 4.90 Å². The summed E-state index contributed by atoms with van der Waals surface area (Å²) in [6, 6.07) is 16.2. The lowest BCUT2D eigenvalue weighted by atomic mass is 10.1. The highest BCUT2D eigenvalue weighted by Crippen LogP contribution is 2.20. The predicted octanol–water partition coefficient (Wildman–Crippen LogP) is 3.30. The normalized spacial score (nSPS) is 10.8. The molecule has 0 saturated carbocycles. The summed E-state index contributed by atoms with van der Waals surface area (Å²) in [7, 11) is 1.72. The average molecular weight is 270 g/mol. The Balaban J connectivity index is 2.07. The van der Waals surface area contributed by atoms with E-state index in [9.17, 15) is 0 Å². The van der Waals surface area contributed by atoms with E-state index in [4.69, 9.17) is 10.5 Å². The van der Waals surface area contributed by atoms with Crippen molar-refractivity contribution in [1.29, 1.82) is 0 Å². The number of ether oxygens (including phenoxy) is 1. The molecule has 20 heavy (non-hydrogen) atoms. The summed E-state index contributed by atoms with van der Waals surface area (Å²) in [5.41, 5.74) is 9.02. The van der Waals surface area contributed by atoms with Crippen LogP contribution in [0, 0.1) is 0 Å². The van der Waals surface area contributed by atoms with Crippen LogP contribution in [0.25, 0.3) is 0 Å². The van der Waals surface area contributed by atoms with E-state index >= 15 is 0 Å². The number of rotatable bonds is 6. The maximum absolute atomic E-state index is 5.72. The molecule has 0 fully saturated rings. The van der Waals surface area contributed by atoms with E-state index in [-0.39, 0.29) is 0 Å². The van der Waals surface area contributed by atoms with Crippen molar-refractivity contribution in [3.8, 4) is 5.75 Å². The van der Waals surface area contributed by atoms with Gasteiger partial charge in [-0.1, -0.05) is 37.3 Å². The lowest BCUT2D eigenvalue weighted by molar-refractivity contribution is 0.266. The van der Waals surface area contributed by atoms with Gasteiger partial charge < -0.3 is 10.5 Å². The van der Waals surface area contributed by atoms with Crippen LogP contribution in [-0.4, -0.2) is 18.6 Å². The van der Waals surface area contributed by atoms with Gasteiger partial charge in [0.15, 0.2) is 0 Å². The van der Waals surface area contributed by atoms with Crippen molar-refractivity contribution in [2.75, 3.05) is 19.4 Å². The van der Waals surface area contributed by atoms with Crippen molar-refractivity contribution in [2.45, 2.75) is 20.0 Å². The van der Waals surface area contributed by atoms with Gasteiger partial charge in [-0.25, -0.2) is 0 Å². The van der Waals surface area contributed by atoms with Crippen molar-refractivity contribution in [3.63, 3.8) is 0 Å². The maximum Gasteiger partial charge on any atom is 0.123 e. The Bertz CT molecular complexity index is 537. The highest BCUT2D eigenvalue weighted by Gasteiger charge is 2.08. The summed E-state index contributed by atoms with van der Waals surface area (Å²) >= 11 is 0. The fourth-order valence-corrected chi connectivity index (χ4v) is 2.24. The number of hydrogen-bond acceptors (Lipinski definition) is 3. The molecule has 106 valence electrons. The summed E-state index contributed by atoms with van der Waals surface area (Å²) in [5.74, 6) is 0.947. The Morgan fingerprint density at radius 1 is 1.00 bits per heavy atom. The SMILES string of the molecule is CCN(Cc1ccc(N)cc1)Cc1ccccc1OC. The Kier molecular flexibility index (Phi) is 5.02. The standard InChI is InChI=1S/C17H22N2O/c1-3-19(12-14-8-10-16(18)11-9-14)13-15-6-4-5-7-17(15)20-2/h4-11H,3,12-13,18H2,1-2H3.